The third-order valence-electron chi connectivity index (χ3n) is 13.2. The molecule has 0 saturated heterocycles. The van der Waals surface area contributed by atoms with Gasteiger partial charge < -0.3 is 13.7 Å². The molecule has 9 aromatic carbocycles. The predicted molar refractivity (Wildman–Crippen MR) is 269 cm³/mol. The van der Waals surface area contributed by atoms with E-state index in [9.17, 15) is 0 Å². The van der Waals surface area contributed by atoms with Crippen LogP contribution in [0, 0.1) is 0 Å². The van der Waals surface area contributed by atoms with E-state index in [0.717, 1.165) is 77.6 Å². The van der Waals surface area contributed by atoms with Crippen LogP contribution in [0.4, 0.5) is 11.4 Å². The van der Waals surface area contributed by atoms with Crippen molar-refractivity contribution in [2.24, 2.45) is 0 Å². The zero-order valence-electron chi connectivity index (χ0n) is 35.7. The molecule has 0 N–H and O–H groups in total. The summed E-state index contributed by atoms with van der Waals surface area (Å²) >= 11 is 0. The minimum Gasteiger partial charge on any atom is -0.456 e. The number of allylic oxidation sites excluding steroid dienone is 3. The van der Waals surface area contributed by atoms with Gasteiger partial charge in [-0.05, 0) is 122 Å². The Hall–Kier alpha value is -8.14. The molecule has 3 heteroatoms. The molecule has 3 nitrogen and oxygen atoms in total. The lowest BCUT2D eigenvalue weighted by atomic mass is 9.79. The summed E-state index contributed by atoms with van der Waals surface area (Å²) in [5.41, 5.74) is 17.5. The van der Waals surface area contributed by atoms with Crippen LogP contribution in [0.25, 0.3) is 94.1 Å². The number of nitrogens with zero attached hydrogens (tertiary/aromatic N) is 1. The molecule has 0 aliphatic heterocycles. The second-order valence-electron chi connectivity index (χ2n) is 17.3. The summed E-state index contributed by atoms with van der Waals surface area (Å²) in [5, 5.41) is 6.79. The highest BCUT2D eigenvalue weighted by molar-refractivity contribution is 6.11. The zero-order chi connectivity index (χ0) is 42.9. The van der Waals surface area contributed by atoms with E-state index in [2.05, 4.69) is 213 Å². The average Bonchev–Trinajstić information content (AvgIpc) is 3.97. The maximum atomic E-state index is 6.47. The Labute approximate surface area is 372 Å². The summed E-state index contributed by atoms with van der Waals surface area (Å²) in [6.45, 7) is 8.77. The number of anilines is 2. The molecule has 0 bridgehead atoms. The standard InChI is InChI=1S/C61H43NO2/c1-4-5-16-46(35-39-25-34-57-53(36-39)54-37-42-14-6-7-15-43(42)38-58(54)63-57)62(45-32-28-41(29-33-45)48-20-13-22-52-50-18-9-11-24-56(50)64-60(48)52)44-30-26-40(27-31-44)47-19-12-21-51-49-17-8-10-23-55(49)61(2,3)59(47)51/h4-38H,1H2,2-3H3/b16-5-,46-35-. The van der Waals surface area contributed by atoms with E-state index < -0.39 is 0 Å². The Bertz CT molecular complexity index is 3710. The molecule has 0 radical (unpaired) electrons. The molecule has 11 aromatic rings. The van der Waals surface area contributed by atoms with Gasteiger partial charge in [0.05, 0.1) is 0 Å². The summed E-state index contributed by atoms with van der Waals surface area (Å²) in [7, 11) is 0. The van der Waals surface area contributed by atoms with Gasteiger partial charge in [0.1, 0.15) is 22.3 Å². The Morgan fingerprint density at radius 1 is 0.500 bits per heavy atom. The number of benzene rings is 9. The van der Waals surface area contributed by atoms with Gasteiger partial charge >= 0.3 is 0 Å². The third kappa shape index (κ3) is 6.04. The number of rotatable bonds is 8. The van der Waals surface area contributed by atoms with Gasteiger partial charge in [-0.2, -0.15) is 0 Å². The number of hydrogen-bond donors (Lipinski definition) is 0. The van der Waals surface area contributed by atoms with Crippen molar-refractivity contribution in [2.75, 3.05) is 4.90 Å². The molecule has 304 valence electrons. The average molecular weight is 822 g/mol. The van der Waals surface area contributed by atoms with Gasteiger partial charge in [0.2, 0.25) is 0 Å². The molecule has 0 amide bonds. The van der Waals surface area contributed by atoms with Crippen molar-refractivity contribution in [3.8, 4) is 33.4 Å². The van der Waals surface area contributed by atoms with E-state index in [0.29, 0.717) is 0 Å². The van der Waals surface area contributed by atoms with Gasteiger partial charge in [-0.1, -0.05) is 166 Å². The van der Waals surface area contributed by atoms with Crippen LogP contribution >= 0.6 is 0 Å². The lowest BCUT2D eigenvalue weighted by Gasteiger charge is -2.28. The van der Waals surface area contributed by atoms with Crippen molar-refractivity contribution in [1.29, 1.82) is 0 Å². The lowest BCUT2D eigenvalue weighted by Crippen LogP contribution is -2.16. The van der Waals surface area contributed by atoms with Crippen LogP contribution in [0.3, 0.4) is 0 Å². The minimum absolute atomic E-state index is 0.123. The number of fused-ring (bicyclic) bond motifs is 10. The second-order valence-corrected chi connectivity index (χ2v) is 17.3. The molecule has 2 aromatic heterocycles. The van der Waals surface area contributed by atoms with E-state index >= 15 is 0 Å². The van der Waals surface area contributed by atoms with E-state index in [4.69, 9.17) is 8.83 Å². The predicted octanol–water partition coefficient (Wildman–Crippen LogP) is 17.2. The largest absolute Gasteiger partial charge is 0.456 e. The lowest BCUT2D eigenvalue weighted by molar-refractivity contribution is 0.662. The van der Waals surface area contributed by atoms with Crippen molar-refractivity contribution in [2.45, 2.75) is 19.3 Å². The summed E-state index contributed by atoms with van der Waals surface area (Å²) in [6.07, 6.45) is 8.23. The first-order valence-corrected chi connectivity index (χ1v) is 21.9. The van der Waals surface area contributed by atoms with Crippen molar-refractivity contribution in [1.82, 2.24) is 0 Å². The van der Waals surface area contributed by atoms with Crippen LogP contribution in [0.15, 0.2) is 227 Å². The number of furan rings is 2. The van der Waals surface area contributed by atoms with Crippen LogP contribution in [0.1, 0.15) is 30.5 Å². The molecule has 2 heterocycles. The van der Waals surface area contributed by atoms with E-state index in [1.54, 1.807) is 0 Å². The first-order valence-electron chi connectivity index (χ1n) is 21.9. The Morgan fingerprint density at radius 2 is 1.11 bits per heavy atom. The molecule has 0 fully saturated rings. The molecule has 0 spiro atoms. The van der Waals surface area contributed by atoms with Gasteiger partial charge in [-0.15, -0.1) is 0 Å². The molecular formula is C61H43NO2. The van der Waals surface area contributed by atoms with Crippen molar-refractivity contribution in [3.05, 3.63) is 235 Å². The van der Waals surface area contributed by atoms with Crippen molar-refractivity contribution >= 4 is 72.1 Å². The fourth-order valence-corrected chi connectivity index (χ4v) is 10.2. The summed E-state index contributed by atoms with van der Waals surface area (Å²) in [5.74, 6) is 0. The first kappa shape index (κ1) is 37.6. The molecule has 12 rings (SSSR count). The number of para-hydroxylation sites is 2. The van der Waals surface area contributed by atoms with Crippen LogP contribution in [-0.4, -0.2) is 0 Å². The molecule has 0 atom stereocenters. The molecular weight excluding hydrogens is 779 g/mol. The Kier molecular flexibility index (Phi) is 8.67. The summed E-state index contributed by atoms with van der Waals surface area (Å²) in [6, 6.07) is 67.4. The second kappa shape index (κ2) is 14.8. The Balaban J connectivity index is 0.997. The van der Waals surface area contributed by atoms with E-state index in [1.165, 1.54) is 44.2 Å². The summed E-state index contributed by atoms with van der Waals surface area (Å²) in [4.78, 5) is 2.33. The minimum atomic E-state index is -0.123. The molecule has 0 saturated carbocycles. The molecule has 64 heavy (non-hydrogen) atoms. The fraction of sp³-hybridized carbons (Fsp3) is 0.0492. The number of hydrogen-bond acceptors (Lipinski definition) is 3. The maximum Gasteiger partial charge on any atom is 0.143 e. The highest BCUT2D eigenvalue weighted by Gasteiger charge is 2.37. The van der Waals surface area contributed by atoms with Gasteiger partial charge in [0, 0.05) is 49.6 Å². The van der Waals surface area contributed by atoms with Crippen LogP contribution < -0.4 is 4.90 Å². The third-order valence-corrected chi connectivity index (χ3v) is 13.2. The van der Waals surface area contributed by atoms with Gasteiger partial charge in [-0.25, -0.2) is 0 Å². The maximum absolute atomic E-state index is 6.47. The first-order chi connectivity index (χ1) is 31.4. The van der Waals surface area contributed by atoms with Crippen molar-refractivity contribution in [3.63, 3.8) is 0 Å². The van der Waals surface area contributed by atoms with E-state index in [-0.39, 0.29) is 5.41 Å². The Morgan fingerprint density at radius 3 is 1.91 bits per heavy atom. The van der Waals surface area contributed by atoms with Gasteiger partial charge in [-0.3, -0.25) is 0 Å². The topological polar surface area (TPSA) is 29.5 Å². The van der Waals surface area contributed by atoms with Gasteiger partial charge in [0.15, 0.2) is 0 Å². The van der Waals surface area contributed by atoms with Crippen LogP contribution in [-0.2, 0) is 5.41 Å². The monoisotopic (exact) mass is 821 g/mol. The normalized spacial score (nSPS) is 13.4. The molecule has 1 aliphatic rings. The zero-order valence-corrected chi connectivity index (χ0v) is 35.7. The summed E-state index contributed by atoms with van der Waals surface area (Å²) < 4.78 is 12.9. The molecule has 0 unspecified atom stereocenters. The van der Waals surface area contributed by atoms with Crippen LogP contribution in [0.5, 0.6) is 0 Å². The fourth-order valence-electron chi connectivity index (χ4n) is 10.2. The molecule has 1 aliphatic carbocycles. The van der Waals surface area contributed by atoms with Crippen molar-refractivity contribution < 1.29 is 8.83 Å². The highest BCUT2D eigenvalue weighted by Crippen LogP contribution is 2.52. The van der Waals surface area contributed by atoms with Gasteiger partial charge in [0.25, 0.3) is 0 Å². The quantitative estimate of drug-likeness (QED) is 0.143. The highest BCUT2D eigenvalue weighted by atomic mass is 16.3. The van der Waals surface area contributed by atoms with Crippen LogP contribution in [0.2, 0.25) is 0 Å². The SMILES string of the molecule is C=C/C=C\C(=C\c1ccc2oc3cc4ccccc4cc3c2c1)N(c1ccc(-c2cccc3c2C(C)(C)c2ccccc2-3)cc1)c1ccc(-c2cccc3c2oc2ccccc23)cc1. The van der Waals surface area contributed by atoms with E-state index in [1.807, 2.05) is 24.3 Å². The smallest absolute Gasteiger partial charge is 0.143 e.